The third-order valence-corrected chi connectivity index (χ3v) is 7.13. The summed E-state index contributed by atoms with van der Waals surface area (Å²) in [4.78, 5) is 31.4. The summed E-state index contributed by atoms with van der Waals surface area (Å²) in [6.45, 7) is 7.23. The third-order valence-electron chi connectivity index (χ3n) is 5.57. The molecule has 0 bridgehead atoms. The normalized spacial score (nSPS) is 16.1. The topological polar surface area (TPSA) is 49.9 Å². The Labute approximate surface area is 204 Å². The van der Waals surface area contributed by atoms with Gasteiger partial charge in [-0.15, -0.1) is 11.3 Å². The Morgan fingerprint density at radius 2 is 1.97 bits per heavy atom. The SMILES string of the molecule is COCCCN(CC(=O)N1CCc2sccc2C1c1ccc(Cl)cc1Cl)C(=O)C(C)(C)C. The number of hydrogen-bond acceptors (Lipinski definition) is 4. The van der Waals surface area contributed by atoms with E-state index in [-0.39, 0.29) is 24.4 Å². The molecule has 0 spiro atoms. The van der Waals surface area contributed by atoms with Gasteiger partial charge in [0.1, 0.15) is 0 Å². The minimum absolute atomic E-state index is 0.0288. The first-order valence-electron chi connectivity index (χ1n) is 10.7. The van der Waals surface area contributed by atoms with Gasteiger partial charge in [0.2, 0.25) is 11.8 Å². The molecule has 0 saturated heterocycles. The molecule has 5 nitrogen and oxygen atoms in total. The molecule has 0 saturated carbocycles. The lowest BCUT2D eigenvalue weighted by Gasteiger charge is -2.38. The van der Waals surface area contributed by atoms with Gasteiger partial charge in [-0.25, -0.2) is 0 Å². The van der Waals surface area contributed by atoms with E-state index in [9.17, 15) is 9.59 Å². The van der Waals surface area contributed by atoms with E-state index < -0.39 is 5.41 Å². The molecule has 0 aliphatic carbocycles. The van der Waals surface area contributed by atoms with Crippen molar-refractivity contribution < 1.29 is 14.3 Å². The number of thiophene rings is 1. The van der Waals surface area contributed by atoms with Crippen LogP contribution in [0, 0.1) is 5.41 Å². The molecule has 2 amide bonds. The maximum Gasteiger partial charge on any atom is 0.242 e. The number of benzene rings is 1. The maximum atomic E-state index is 13.6. The molecular formula is C24H30Cl2N2O3S. The first kappa shape index (κ1) is 25.0. The van der Waals surface area contributed by atoms with Crippen molar-refractivity contribution in [2.45, 2.75) is 39.7 Å². The molecule has 1 aromatic carbocycles. The Morgan fingerprint density at radius 1 is 1.22 bits per heavy atom. The highest BCUT2D eigenvalue weighted by atomic mass is 35.5. The van der Waals surface area contributed by atoms with Gasteiger partial charge in [-0.2, -0.15) is 0 Å². The first-order chi connectivity index (χ1) is 15.1. The van der Waals surface area contributed by atoms with Crippen molar-refractivity contribution in [3.8, 4) is 0 Å². The molecule has 1 aromatic heterocycles. The number of halogens is 2. The summed E-state index contributed by atoms with van der Waals surface area (Å²) in [6, 6.07) is 7.16. The molecule has 8 heteroatoms. The molecule has 1 aliphatic heterocycles. The van der Waals surface area contributed by atoms with Crippen molar-refractivity contribution in [1.82, 2.24) is 9.80 Å². The quantitative estimate of drug-likeness (QED) is 0.479. The summed E-state index contributed by atoms with van der Waals surface area (Å²) in [5.74, 6) is -0.135. The molecule has 1 unspecified atom stereocenters. The molecule has 0 N–H and O–H groups in total. The Morgan fingerprint density at radius 3 is 2.62 bits per heavy atom. The van der Waals surface area contributed by atoms with Crippen molar-refractivity contribution >= 4 is 46.4 Å². The largest absolute Gasteiger partial charge is 0.385 e. The lowest BCUT2D eigenvalue weighted by molar-refractivity contribution is -0.146. The highest BCUT2D eigenvalue weighted by molar-refractivity contribution is 7.10. The molecule has 0 fully saturated rings. The summed E-state index contributed by atoms with van der Waals surface area (Å²) in [5.41, 5.74) is 1.36. The molecule has 2 aromatic rings. The highest BCUT2D eigenvalue weighted by Gasteiger charge is 2.36. The molecule has 1 aliphatic rings. The van der Waals surface area contributed by atoms with E-state index in [1.165, 1.54) is 4.88 Å². The lowest BCUT2D eigenvalue weighted by Crippen LogP contribution is -2.49. The van der Waals surface area contributed by atoms with Gasteiger partial charge in [0.15, 0.2) is 0 Å². The van der Waals surface area contributed by atoms with Crippen LogP contribution in [0.5, 0.6) is 0 Å². The van der Waals surface area contributed by atoms with Crippen LogP contribution in [0.15, 0.2) is 29.6 Å². The molecule has 1 atom stereocenters. The van der Waals surface area contributed by atoms with Crippen molar-refractivity contribution in [2.75, 3.05) is 33.4 Å². The predicted molar refractivity (Wildman–Crippen MR) is 131 cm³/mol. The lowest BCUT2D eigenvalue weighted by atomic mass is 9.92. The number of hydrogen-bond donors (Lipinski definition) is 0. The van der Waals surface area contributed by atoms with Crippen LogP contribution in [-0.2, 0) is 20.7 Å². The Kier molecular flexibility index (Phi) is 8.26. The van der Waals surface area contributed by atoms with Crippen LogP contribution in [0.3, 0.4) is 0 Å². The zero-order chi connectivity index (χ0) is 23.5. The minimum atomic E-state index is -0.575. The van der Waals surface area contributed by atoms with Gasteiger partial charge >= 0.3 is 0 Å². The van der Waals surface area contributed by atoms with E-state index >= 15 is 0 Å². The van der Waals surface area contributed by atoms with Crippen molar-refractivity contribution in [3.63, 3.8) is 0 Å². The highest BCUT2D eigenvalue weighted by Crippen LogP contribution is 2.41. The second kappa shape index (κ2) is 10.6. The number of methoxy groups -OCH3 is 1. The van der Waals surface area contributed by atoms with Gasteiger partial charge in [-0.05, 0) is 47.5 Å². The molecular weight excluding hydrogens is 467 g/mol. The Bertz CT molecular complexity index is 970. The van der Waals surface area contributed by atoms with Crippen molar-refractivity contribution in [3.05, 3.63) is 55.7 Å². The number of fused-ring (bicyclic) bond motifs is 1. The smallest absolute Gasteiger partial charge is 0.242 e. The van der Waals surface area contributed by atoms with Crippen LogP contribution < -0.4 is 0 Å². The van der Waals surface area contributed by atoms with E-state index in [4.69, 9.17) is 27.9 Å². The van der Waals surface area contributed by atoms with Crippen LogP contribution >= 0.6 is 34.5 Å². The zero-order valence-corrected chi connectivity index (χ0v) is 21.3. The van der Waals surface area contributed by atoms with E-state index in [0.29, 0.717) is 36.2 Å². The second-order valence-corrected chi connectivity index (χ2v) is 10.9. The number of rotatable bonds is 7. The summed E-state index contributed by atoms with van der Waals surface area (Å²) < 4.78 is 5.15. The average Bonchev–Trinajstić information content (AvgIpc) is 3.20. The van der Waals surface area contributed by atoms with Gasteiger partial charge in [-0.3, -0.25) is 9.59 Å². The number of carbonyl (C=O) groups excluding carboxylic acids is 2. The van der Waals surface area contributed by atoms with Crippen LogP contribution in [-0.4, -0.2) is 55.0 Å². The Balaban J connectivity index is 1.91. The van der Waals surface area contributed by atoms with Crippen molar-refractivity contribution in [1.29, 1.82) is 0 Å². The van der Waals surface area contributed by atoms with Gasteiger partial charge in [0, 0.05) is 47.1 Å². The number of ether oxygens (including phenoxy) is 1. The summed E-state index contributed by atoms with van der Waals surface area (Å²) >= 11 is 14.4. The molecule has 0 radical (unpaired) electrons. The second-order valence-electron chi connectivity index (χ2n) is 9.03. The summed E-state index contributed by atoms with van der Waals surface area (Å²) in [5, 5.41) is 3.13. The molecule has 174 valence electrons. The molecule has 32 heavy (non-hydrogen) atoms. The van der Waals surface area contributed by atoms with Crippen LogP contribution in [0.1, 0.15) is 49.2 Å². The fourth-order valence-electron chi connectivity index (χ4n) is 4.02. The molecule has 3 rings (SSSR count). The van der Waals surface area contributed by atoms with E-state index in [1.54, 1.807) is 35.5 Å². The number of nitrogens with zero attached hydrogens (tertiary/aromatic N) is 2. The molecule has 2 heterocycles. The van der Waals surface area contributed by atoms with E-state index in [2.05, 4.69) is 11.4 Å². The fourth-order valence-corrected chi connectivity index (χ4v) is 5.44. The maximum absolute atomic E-state index is 13.6. The van der Waals surface area contributed by atoms with Crippen LogP contribution in [0.2, 0.25) is 10.0 Å². The standard InChI is InChI=1S/C24H30Cl2N2O3S/c1-24(2,3)23(30)27(10-5-12-31-4)15-21(29)28-11-8-20-18(9-13-32-20)22(28)17-7-6-16(25)14-19(17)26/h6-7,9,13-14,22H,5,8,10-12,15H2,1-4H3. The van der Waals surface area contributed by atoms with Gasteiger partial charge in [0.25, 0.3) is 0 Å². The van der Waals surface area contributed by atoms with Gasteiger partial charge < -0.3 is 14.5 Å². The van der Waals surface area contributed by atoms with Gasteiger partial charge in [-0.1, -0.05) is 50.0 Å². The first-order valence-corrected chi connectivity index (χ1v) is 12.4. The summed E-state index contributed by atoms with van der Waals surface area (Å²) in [7, 11) is 1.63. The fraction of sp³-hybridized carbons (Fsp3) is 0.500. The van der Waals surface area contributed by atoms with E-state index in [1.807, 2.05) is 31.7 Å². The predicted octanol–water partition coefficient (Wildman–Crippen LogP) is 5.44. The number of carbonyl (C=O) groups is 2. The monoisotopic (exact) mass is 496 g/mol. The van der Waals surface area contributed by atoms with Gasteiger partial charge in [0.05, 0.1) is 12.6 Å². The average molecular weight is 497 g/mol. The van der Waals surface area contributed by atoms with Crippen LogP contribution in [0.4, 0.5) is 0 Å². The summed E-state index contributed by atoms with van der Waals surface area (Å²) in [6.07, 6.45) is 1.46. The minimum Gasteiger partial charge on any atom is -0.385 e. The van der Waals surface area contributed by atoms with Crippen molar-refractivity contribution in [2.24, 2.45) is 5.41 Å². The Hall–Kier alpha value is -1.60. The van der Waals surface area contributed by atoms with Crippen LogP contribution in [0.25, 0.3) is 0 Å². The third kappa shape index (κ3) is 5.66. The number of amides is 2. The van der Waals surface area contributed by atoms with E-state index in [0.717, 1.165) is 17.5 Å². The zero-order valence-electron chi connectivity index (χ0n) is 19.0.